The van der Waals surface area contributed by atoms with Gasteiger partial charge in [-0.05, 0) is 38.5 Å². The van der Waals surface area contributed by atoms with Crippen molar-refractivity contribution in [2.75, 3.05) is 20.7 Å². The predicted molar refractivity (Wildman–Crippen MR) is 95.1 cm³/mol. The van der Waals surface area contributed by atoms with Gasteiger partial charge in [0.25, 0.3) is 0 Å². The number of benzene rings is 1. The smallest absolute Gasteiger partial charge is 0.317 e. The fraction of sp³-hybridized carbons (Fsp3) is 0.556. The van der Waals surface area contributed by atoms with Gasteiger partial charge in [0.2, 0.25) is 0 Å². The van der Waals surface area contributed by atoms with E-state index in [1.807, 2.05) is 39.0 Å². The Balaban J connectivity index is 2.77. The Morgan fingerprint density at radius 1 is 1.20 bits per heavy atom. The summed E-state index contributed by atoms with van der Waals surface area (Å²) in [7, 11) is 3.14. The molecule has 0 heterocycles. The van der Waals surface area contributed by atoms with Crippen LogP contribution >= 0.6 is 0 Å². The van der Waals surface area contributed by atoms with E-state index in [0.29, 0.717) is 11.5 Å². The number of nitrogens with zero attached hydrogens (tertiary/aromatic N) is 1. The van der Waals surface area contributed by atoms with Gasteiger partial charge in [-0.25, -0.2) is 4.79 Å². The zero-order valence-corrected chi connectivity index (χ0v) is 15.7. The molecule has 0 bridgehead atoms. The van der Waals surface area contributed by atoms with Gasteiger partial charge in [0.15, 0.2) is 11.5 Å². The maximum Gasteiger partial charge on any atom is 0.317 e. The molecule has 2 N–H and O–H groups in total. The van der Waals surface area contributed by atoms with E-state index in [2.05, 4.69) is 5.32 Å². The summed E-state index contributed by atoms with van der Waals surface area (Å²) in [5, 5.41) is 11.8. The van der Waals surface area contributed by atoms with Gasteiger partial charge in [-0.1, -0.05) is 13.0 Å². The van der Waals surface area contributed by atoms with Gasteiger partial charge in [0, 0.05) is 13.6 Å². The molecule has 140 valence electrons. The number of carbonyl (C=O) groups is 2. The second kappa shape index (κ2) is 9.15. The Morgan fingerprint density at radius 2 is 1.84 bits per heavy atom. The number of nitrogens with one attached hydrogen (secondary N) is 1. The van der Waals surface area contributed by atoms with Crippen LogP contribution in [-0.2, 0) is 4.79 Å². The Kier molecular flexibility index (Phi) is 7.54. The summed E-state index contributed by atoms with van der Waals surface area (Å²) in [5.74, 6) is -0.316. The van der Waals surface area contributed by atoms with E-state index in [9.17, 15) is 9.59 Å². The monoisotopic (exact) mass is 352 g/mol. The van der Waals surface area contributed by atoms with E-state index in [0.717, 1.165) is 5.56 Å². The molecule has 0 aliphatic rings. The summed E-state index contributed by atoms with van der Waals surface area (Å²) in [6.07, 6.45) is 0.0294. The van der Waals surface area contributed by atoms with E-state index in [-0.39, 0.29) is 24.7 Å². The van der Waals surface area contributed by atoms with Gasteiger partial charge in [-0.3, -0.25) is 4.79 Å². The first-order valence-corrected chi connectivity index (χ1v) is 8.24. The first-order valence-electron chi connectivity index (χ1n) is 8.24. The molecule has 1 aromatic rings. The van der Waals surface area contributed by atoms with Crippen LogP contribution in [0.5, 0.6) is 11.5 Å². The van der Waals surface area contributed by atoms with E-state index in [4.69, 9.17) is 14.6 Å². The highest BCUT2D eigenvalue weighted by atomic mass is 16.5. The number of rotatable bonds is 8. The Hall–Kier alpha value is -2.44. The van der Waals surface area contributed by atoms with Gasteiger partial charge in [-0.2, -0.15) is 0 Å². The first kappa shape index (κ1) is 20.6. The van der Waals surface area contributed by atoms with Crippen LogP contribution in [0, 0.1) is 5.92 Å². The molecule has 0 aliphatic heterocycles. The average molecular weight is 352 g/mol. The minimum absolute atomic E-state index is 0.0294. The average Bonchev–Trinajstić information content (AvgIpc) is 2.54. The molecular weight excluding hydrogens is 324 g/mol. The highest BCUT2D eigenvalue weighted by Crippen LogP contribution is 2.31. The summed E-state index contributed by atoms with van der Waals surface area (Å²) < 4.78 is 11.0. The van der Waals surface area contributed by atoms with E-state index in [1.165, 1.54) is 4.90 Å². The van der Waals surface area contributed by atoms with E-state index in [1.54, 1.807) is 21.1 Å². The van der Waals surface area contributed by atoms with Gasteiger partial charge in [0.1, 0.15) is 0 Å². The normalized spacial score (nSPS) is 13.1. The van der Waals surface area contributed by atoms with Gasteiger partial charge in [0.05, 0.1) is 25.2 Å². The first-order chi connectivity index (χ1) is 11.6. The lowest BCUT2D eigenvalue weighted by Crippen LogP contribution is -2.41. The van der Waals surface area contributed by atoms with Gasteiger partial charge >= 0.3 is 12.0 Å². The number of carbonyl (C=O) groups excluding carboxylic acids is 1. The maximum atomic E-state index is 12.2. The van der Waals surface area contributed by atoms with Crippen LogP contribution in [0.1, 0.15) is 39.3 Å². The van der Waals surface area contributed by atoms with Crippen molar-refractivity contribution in [2.24, 2.45) is 5.92 Å². The second-order valence-corrected chi connectivity index (χ2v) is 6.37. The van der Waals surface area contributed by atoms with Crippen molar-refractivity contribution in [1.82, 2.24) is 10.2 Å². The molecule has 7 heteroatoms. The minimum atomic E-state index is -0.932. The summed E-state index contributed by atoms with van der Waals surface area (Å²) in [6, 6.07) is 4.90. The Labute approximate surface area is 148 Å². The van der Waals surface area contributed by atoms with Crippen molar-refractivity contribution in [2.45, 2.75) is 39.8 Å². The van der Waals surface area contributed by atoms with Crippen LogP contribution in [0.25, 0.3) is 0 Å². The molecule has 0 aromatic heterocycles. The Bertz CT molecular complexity index is 603. The molecule has 2 amide bonds. The molecule has 1 rings (SSSR count). The predicted octanol–water partition coefficient (Wildman–Crippen LogP) is 2.91. The van der Waals surface area contributed by atoms with Crippen molar-refractivity contribution in [3.8, 4) is 11.5 Å². The third-order valence-corrected chi connectivity index (χ3v) is 3.71. The van der Waals surface area contributed by atoms with Crippen molar-refractivity contribution >= 4 is 12.0 Å². The molecule has 0 spiro atoms. The number of hydrogen-bond acceptors (Lipinski definition) is 4. The van der Waals surface area contributed by atoms with Crippen LogP contribution in [-0.4, -0.2) is 48.8 Å². The molecule has 0 fully saturated rings. The number of carboxylic acids is 1. The molecule has 2 atom stereocenters. The second-order valence-electron chi connectivity index (χ2n) is 6.37. The molecule has 1 aromatic carbocycles. The number of methoxy groups -OCH3 is 1. The highest BCUT2D eigenvalue weighted by molar-refractivity contribution is 5.76. The summed E-state index contributed by atoms with van der Waals surface area (Å²) in [4.78, 5) is 24.5. The largest absolute Gasteiger partial charge is 0.493 e. The molecule has 25 heavy (non-hydrogen) atoms. The lowest BCUT2D eigenvalue weighted by atomic mass is 10.1. The topological polar surface area (TPSA) is 88.1 Å². The Morgan fingerprint density at radius 3 is 2.36 bits per heavy atom. The van der Waals surface area contributed by atoms with E-state index < -0.39 is 11.9 Å². The third kappa shape index (κ3) is 6.17. The number of carboxylic acid groups (broad SMARTS) is 1. The molecule has 0 aliphatic carbocycles. The minimum Gasteiger partial charge on any atom is -0.493 e. The fourth-order valence-corrected chi connectivity index (χ4v) is 2.26. The summed E-state index contributed by atoms with van der Waals surface area (Å²) in [5.41, 5.74) is 0.862. The molecule has 0 radical (unpaired) electrons. The number of hydrogen-bond donors (Lipinski definition) is 2. The lowest BCUT2D eigenvalue weighted by molar-refractivity contribution is -0.141. The van der Waals surface area contributed by atoms with Crippen LogP contribution in [0.2, 0.25) is 0 Å². The number of aliphatic carboxylic acids is 1. The van der Waals surface area contributed by atoms with Crippen molar-refractivity contribution in [3.63, 3.8) is 0 Å². The van der Waals surface area contributed by atoms with Crippen molar-refractivity contribution < 1.29 is 24.2 Å². The molecular formula is C18H28N2O5. The van der Waals surface area contributed by atoms with Crippen LogP contribution < -0.4 is 14.8 Å². The van der Waals surface area contributed by atoms with E-state index >= 15 is 0 Å². The number of ether oxygens (including phenoxy) is 2. The van der Waals surface area contributed by atoms with Crippen LogP contribution in [0.15, 0.2) is 18.2 Å². The van der Waals surface area contributed by atoms with Gasteiger partial charge < -0.3 is 24.8 Å². The highest BCUT2D eigenvalue weighted by Gasteiger charge is 2.19. The third-order valence-electron chi connectivity index (χ3n) is 3.71. The number of amides is 2. The zero-order chi connectivity index (χ0) is 19.1. The van der Waals surface area contributed by atoms with Gasteiger partial charge in [-0.15, -0.1) is 0 Å². The lowest BCUT2D eigenvalue weighted by Gasteiger charge is -2.23. The SMILES string of the molecule is COc1cc(C(C)NC(=O)N(C)CC(C)C(=O)O)ccc1OC(C)C. The van der Waals surface area contributed by atoms with Crippen LogP contribution in [0.4, 0.5) is 4.79 Å². The zero-order valence-electron chi connectivity index (χ0n) is 15.7. The van der Waals surface area contributed by atoms with Crippen molar-refractivity contribution in [3.05, 3.63) is 23.8 Å². The quantitative estimate of drug-likeness (QED) is 0.751. The molecule has 0 saturated heterocycles. The standard InChI is InChI=1S/C18H28N2O5/c1-11(2)25-15-8-7-14(9-16(15)24-6)13(4)19-18(23)20(5)10-12(3)17(21)22/h7-9,11-13H,10H2,1-6H3,(H,19,23)(H,21,22). The number of urea groups is 1. The molecule has 0 saturated carbocycles. The van der Waals surface area contributed by atoms with Crippen LogP contribution in [0.3, 0.4) is 0 Å². The summed E-state index contributed by atoms with van der Waals surface area (Å²) >= 11 is 0. The van der Waals surface area contributed by atoms with Crippen molar-refractivity contribution in [1.29, 1.82) is 0 Å². The molecule has 2 unspecified atom stereocenters. The fourth-order valence-electron chi connectivity index (χ4n) is 2.26. The maximum absolute atomic E-state index is 12.2. The molecule has 7 nitrogen and oxygen atoms in total. The summed E-state index contributed by atoms with van der Waals surface area (Å²) in [6.45, 7) is 7.42.